The van der Waals surface area contributed by atoms with Gasteiger partial charge in [-0.3, -0.25) is 0 Å². The van der Waals surface area contributed by atoms with Crippen LogP contribution in [0.2, 0.25) is 0 Å². The predicted octanol–water partition coefficient (Wildman–Crippen LogP) is 2.71. The summed E-state index contributed by atoms with van der Waals surface area (Å²) in [6.45, 7) is 8.04. The number of benzene rings is 1. The van der Waals surface area contributed by atoms with Crippen molar-refractivity contribution in [1.82, 2.24) is 0 Å². The lowest BCUT2D eigenvalue weighted by molar-refractivity contribution is 0.439. The predicted molar refractivity (Wildman–Crippen MR) is 59.4 cm³/mol. The number of phenolic OH excluding ortho intramolecular Hbond substituents is 1. The van der Waals surface area contributed by atoms with Crippen LogP contribution in [0.15, 0.2) is 18.2 Å². The van der Waals surface area contributed by atoms with Gasteiger partial charge in [-0.1, -0.05) is 26.0 Å². The standard InChI is InChI=1S/C12H19NO/c1-8(2)9-5-6-11(14)10(7-9)12(3,4)13/h5-8,14H,13H2,1-4H3. The van der Waals surface area contributed by atoms with Crippen LogP contribution < -0.4 is 5.73 Å². The molecule has 1 aromatic rings. The van der Waals surface area contributed by atoms with E-state index in [0.717, 1.165) is 5.56 Å². The molecule has 2 heteroatoms. The number of rotatable bonds is 2. The van der Waals surface area contributed by atoms with E-state index in [2.05, 4.69) is 13.8 Å². The molecule has 0 bridgehead atoms. The van der Waals surface area contributed by atoms with Crippen molar-refractivity contribution in [3.8, 4) is 5.75 Å². The smallest absolute Gasteiger partial charge is 0.120 e. The molecule has 3 N–H and O–H groups in total. The number of hydrogen-bond acceptors (Lipinski definition) is 2. The highest BCUT2D eigenvalue weighted by Crippen LogP contribution is 2.29. The normalized spacial score (nSPS) is 12.1. The fourth-order valence-corrected chi connectivity index (χ4v) is 1.43. The minimum absolute atomic E-state index is 0.280. The van der Waals surface area contributed by atoms with Crippen molar-refractivity contribution >= 4 is 0 Å². The minimum atomic E-state index is -0.491. The summed E-state index contributed by atoms with van der Waals surface area (Å²) < 4.78 is 0. The topological polar surface area (TPSA) is 46.2 Å². The Morgan fingerprint density at radius 1 is 1.29 bits per heavy atom. The summed E-state index contributed by atoms with van der Waals surface area (Å²) in [5, 5.41) is 9.67. The third kappa shape index (κ3) is 2.26. The van der Waals surface area contributed by atoms with E-state index in [9.17, 15) is 5.11 Å². The van der Waals surface area contributed by atoms with Crippen LogP contribution in [0.25, 0.3) is 0 Å². The summed E-state index contributed by atoms with van der Waals surface area (Å²) in [6.07, 6.45) is 0. The van der Waals surface area contributed by atoms with Crippen LogP contribution >= 0.6 is 0 Å². The van der Waals surface area contributed by atoms with Gasteiger partial charge in [0.2, 0.25) is 0 Å². The van der Waals surface area contributed by atoms with Gasteiger partial charge in [0.25, 0.3) is 0 Å². The lowest BCUT2D eigenvalue weighted by Crippen LogP contribution is -2.28. The average Bonchev–Trinajstić information content (AvgIpc) is 2.02. The van der Waals surface area contributed by atoms with Gasteiger partial charge >= 0.3 is 0 Å². The molecule has 0 amide bonds. The highest BCUT2D eigenvalue weighted by atomic mass is 16.3. The quantitative estimate of drug-likeness (QED) is 0.758. The second-order valence-corrected chi connectivity index (χ2v) is 4.65. The van der Waals surface area contributed by atoms with Gasteiger partial charge in [0.05, 0.1) is 0 Å². The molecule has 0 aromatic heterocycles. The van der Waals surface area contributed by atoms with Gasteiger partial charge in [0.15, 0.2) is 0 Å². The summed E-state index contributed by atoms with van der Waals surface area (Å²) in [5.74, 6) is 0.735. The van der Waals surface area contributed by atoms with Gasteiger partial charge < -0.3 is 10.8 Å². The SMILES string of the molecule is CC(C)c1ccc(O)c(C(C)(C)N)c1. The second-order valence-electron chi connectivity index (χ2n) is 4.65. The lowest BCUT2D eigenvalue weighted by atomic mass is 9.90. The van der Waals surface area contributed by atoms with E-state index >= 15 is 0 Å². The third-order valence-corrected chi connectivity index (χ3v) is 2.38. The molecule has 0 radical (unpaired) electrons. The Hall–Kier alpha value is -1.02. The van der Waals surface area contributed by atoms with Gasteiger partial charge in [-0.15, -0.1) is 0 Å². The zero-order valence-corrected chi connectivity index (χ0v) is 9.33. The molecule has 0 saturated heterocycles. The van der Waals surface area contributed by atoms with Crippen molar-refractivity contribution < 1.29 is 5.11 Å². The van der Waals surface area contributed by atoms with Crippen LogP contribution in [0.4, 0.5) is 0 Å². The molecular weight excluding hydrogens is 174 g/mol. The van der Waals surface area contributed by atoms with Crippen LogP contribution in [-0.2, 0) is 5.54 Å². The molecule has 0 atom stereocenters. The number of aromatic hydroxyl groups is 1. The highest BCUT2D eigenvalue weighted by molar-refractivity contribution is 5.41. The molecule has 1 aromatic carbocycles. The lowest BCUT2D eigenvalue weighted by Gasteiger charge is -2.22. The Labute approximate surface area is 85.8 Å². The van der Waals surface area contributed by atoms with Gasteiger partial charge in [0.1, 0.15) is 5.75 Å². The molecule has 0 aliphatic carbocycles. The first kappa shape index (κ1) is 11.1. The van der Waals surface area contributed by atoms with Crippen LogP contribution in [0.1, 0.15) is 44.7 Å². The van der Waals surface area contributed by atoms with Crippen molar-refractivity contribution in [3.63, 3.8) is 0 Å². The molecule has 1 rings (SSSR count). The molecule has 0 unspecified atom stereocenters. The molecule has 0 spiro atoms. The van der Waals surface area contributed by atoms with Crippen molar-refractivity contribution in [2.45, 2.75) is 39.2 Å². The largest absolute Gasteiger partial charge is 0.508 e. The first-order chi connectivity index (χ1) is 6.32. The van der Waals surface area contributed by atoms with Crippen LogP contribution in [0, 0.1) is 0 Å². The summed E-state index contributed by atoms with van der Waals surface area (Å²) >= 11 is 0. The number of nitrogens with two attached hydrogens (primary N) is 1. The monoisotopic (exact) mass is 193 g/mol. The maximum absolute atomic E-state index is 9.67. The Morgan fingerprint density at radius 2 is 1.86 bits per heavy atom. The van der Waals surface area contributed by atoms with Crippen LogP contribution in [0.3, 0.4) is 0 Å². The molecule has 14 heavy (non-hydrogen) atoms. The van der Waals surface area contributed by atoms with E-state index < -0.39 is 5.54 Å². The van der Waals surface area contributed by atoms with Crippen molar-refractivity contribution in [1.29, 1.82) is 0 Å². The molecule has 0 fully saturated rings. The Morgan fingerprint density at radius 3 is 2.29 bits per heavy atom. The maximum atomic E-state index is 9.67. The minimum Gasteiger partial charge on any atom is -0.508 e. The van der Waals surface area contributed by atoms with E-state index in [0.29, 0.717) is 5.92 Å². The second kappa shape index (κ2) is 3.62. The molecule has 78 valence electrons. The van der Waals surface area contributed by atoms with Gasteiger partial charge in [-0.2, -0.15) is 0 Å². The molecule has 0 heterocycles. The Balaban J connectivity index is 3.22. The van der Waals surface area contributed by atoms with E-state index in [-0.39, 0.29) is 5.75 Å². The average molecular weight is 193 g/mol. The van der Waals surface area contributed by atoms with Crippen molar-refractivity contribution in [3.05, 3.63) is 29.3 Å². The molecular formula is C12H19NO. The first-order valence-electron chi connectivity index (χ1n) is 4.94. The summed E-state index contributed by atoms with van der Waals surface area (Å²) in [5.41, 5.74) is 7.49. The fraction of sp³-hybridized carbons (Fsp3) is 0.500. The van der Waals surface area contributed by atoms with Crippen LogP contribution in [-0.4, -0.2) is 5.11 Å². The Kier molecular flexibility index (Phi) is 2.86. The highest BCUT2D eigenvalue weighted by Gasteiger charge is 2.19. The van der Waals surface area contributed by atoms with E-state index in [1.807, 2.05) is 26.0 Å². The Bertz CT molecular complexity index is 324. The first-order valence-corrected chi connectivity index (χ1v) is 4.94. The van der Waals surface area contributed by atoms with E-state index in [4.69, 9.17) is 5.73 Å². The van der Waals surface area contributed by atoms with Crippen molar-refractivity contribution in [2.24, 2.45) is 5.73 Å². The maximum Gasteiger partial charge on any atom is 0.120 e. The molecule has 0 aliphatic heterocycles. The van der Waals surface area contributed by atoms with E-state index in [1.54, 1.807) is 6.07 Å². The molecule has 0 saturated carbocycles. The van der Waals surface area contributed by atoms with Gasteiger partial charge in [0, 0.05) is 11.1 Å². The number of phenols is 1. The van der Waals surface area contributed by atoms with Crippen LogP contribution in [0.5, 0.6) is 5.75 Å². The summed E-state index contributed by atoms with van der Waals surface area (Å²) in [4.78, 5) is 0. The molecule has 0 aliphatic rings. The molecule has 2 nitrogen and oxygen atoms in total. The summed E-state index contributed by atoms with van der Waals surface area (Å²) in [6, 6.07) is 5.65. The fourth-order valence-electron chi connectivity index (χ4n) is 1.43. The van der Waals surface area contributed by atoms with Gasteiger partial charge in [-0.05, 0) is 31.4 Å². The zero-order chi connectivity index (χ0) is 10.9. The zero-order valence-electron chi connectivity index (χ0n) is 9.33. The van der Waals surface area contributed by atoms with Crippen molar-refractivity contribution in [2.75, 3.05) is 0 Å². The third-order valence-electron chi connectivity index (χ3n) is 2.38. The van der Waals surface area contributed by atoms with Gasteiger partial charge in [-0.25, -0.2) is 0 Å². The number of hydrogen-bond donors (Lipinski definition) is 2. The van der Waals surface area contributed by atoms with E-state index in [1.165, 1.54) is 5.56 Å². The summed E-state index contributed by atoms with van der Waals surface area (Å²) in [7, 11) is 0.